The second kappa shape index (κ2) is 10.1. The van der Waals surface area contributed by atoms with E-state index in [4.69, 9.17) is 0 Å². The van der Waals surface area contributed by atoms with E-state index in [0.717, 1.165) is 10.0 Å². The van der Waals surface area contributed by atoms with Crippen molar-refractivity contribution in [3.8, 4) is 0 Å². The van der Waals surface area contributed by atoms with Gasteiger partial charge in [-0.2, -0.15) is 0 Å². The summed E-state index contributed by atoms with van der Waals surface area (Å²) in [5, 5.41) is 2.94. The van der Waals surface area contributed by atoms with Crippen molar-refractivity contribution in [2.24, 2.45) is 0 Å². The molecule has 2 rings (SSSR count). The van der Waals surface area contributed by atoms with Crippen LogP contribution in [0, 0.1) is 6.92 Å². The van der Waals surface area contributed by atoms with E-state index < -0.39 is 10.0 Å². The number of anilines is 1. The zero-order chi connectivity index (χ0) is 20.7. The summed E-state index contributed by atoms with van der Waals surface area (Å²) in [7, 11) is -3.42. The number of carbonyl (C=O) groups is 1. The summed E-state index contributed by atoms with van der Waals surface area (Å²) >= 11 is 3.43. The van der Waals surface area contributed by atoms with Gasteiger partial charge < -0.3 is 5.32 Å². The molecule has 0 aliphatic heterocycles. The number of amides is 1. The van der Waals surface area contributed by atoms with Crippen LogP contribution in [0.2, 0.25) is 0 Å². The summed E-state index contributed by atoms with van der Waals surface area (Å²) in [5.41, 5.74) is 2.75. The van der Waals surface area contributed by atoms with Gasteiger partial charge in [0.25, 0.3) is 0 Å². The van der Waals surface area contributed by atoms with E-state index in [1.165, 1.54) is 16.1 Å². The van der Waals surface area contributed by atoms with E-state index >= 15 is 0 Å². The van der Waals surface area contributed by atoms with Crippen LogP contribution in [0.25, 0.3) is 0 Å². The maximum atomic E-state index is 12.2. The van der Waals surface area contributed by atoms with E-state index in [0.29, 0.717) is 18.7 Å². The van der Waals surface area contributed by atoms with Crippen molar-refractivity contribution in [1.82, 2.24) is 5.32 Å². The molecule has 1 N–H and O–H groups in total. The molecule has 0 aliphatic carbocycles. The Bertz CT molecular complexity index is 901. The number of hydrogen-bond donors (Lipinski definition) is 1. The Labute approximate surface area is 176 Å². The maximum absolute atomic E-state index is 12.2. The minimum Gasteiger partial charge on any atom is -0.356 e. The van der Waals surface area contributed by atoms with Crippen LogP contribution >= 0.6 is 15.9 Å². The standard InChI is InChI=1S/C21H27BrN2O3S/c1-16-14-19(11-12-20(16)22)24(28(3,26)27)13-7-10-21(25)23-15-17(2)18-8-5-4-6-9-18/h4-6,8-9,11-12,14,17H,7,10,13,15H2,1-3H3,(H,23,25)/t17-/m1/s1. The Morgan fingerprint density at radius 2 is 1.86 bits per heavy atom. The van der Waals surface area contributed by atoms with Crippen LogP contribution in [-0.4, -0.2) is 33.7 Å². The molecule has 28 heavy (non-hydrogen) atoms. The average molecular weight is 467 g/mol. The number of hydrogen-bond acceptors (Lipinski definition) is 3. The molecule has 1 amide bonds. The second-order valence-electron chi connectivity index (χ2n) is 6.99. The smallest absolute Gasteiger partial charge is 0.232 e. The zero-order valence-corrected chi connectivity index (χ0v) is 18.9. The molecule has 0 saturated heterocycles. The van der Waals surface area contributed by atoms with Gasteiger partial charge in [0.05, 0.1) is 11.9 Å². The highest BCUT2D eigenvalue weighted by Gasteiger charge is 2.18. The molecular weight excluding hydrogens is 440 g/mol. The van der Waals surface area contributed by atoms with Gasteiger partial charge >= 0.3 is 0 Å². The van der Waals surface area contributed by atoms with Crippen molar-refractivity contribution in [1.29, 1.82) is 0 Å². The highest BCUT2D eigenvalue weighted by Crippen LogP contribution is 2.25. The minimum absolute atomic E-state index is 0.0665. The SMILES string of the molecule is Cc1cc(N(CCCC(=O)NC[C@@H](C)c2ccccc2)S(C)(=O)=O)ccc1Br. The monoisotopic (exact) mass is 466 g/mol. The molecule has 0 spiro atoms. The first-order valence-electron chi connectivity index (χ1n) is 9.24. The number of halogens is 1. The highest BCUT2D eigenvalue weighted by molar-refractivity contribution is 9.10. The predicted molar refractivity (Wildman–Crippen MR) is 118 cm³/mol. The molecule has 7 heteroatoms. The van der Waals surface area contributed by atoms with Crippen LogP contribution in [0.15, 0.2) is 53.0 Å². The first-order valence-corrected chi connectivity index (χ1v) is 11.9. The Hall–Kier alpha value is -1.86. The van der Waals surface area contributed by atoms with Gasteiger partial charge in [0.15, 0.2) is 0 Å². The summed E-state index contributed by atoms with van der Waals surface area (Å²) in [6.07, 6.45) is 1.92. The lowest BCUT2D eigenvalue weighted by molar-refractivity contribution is -0.121. The topological polar surface area (TPSA) is 66.5 Å². The molecule has 0 aliphatic rings. The van der Waals surface area contributed by atoms with E-state index in [1.807, 2.05) is 49.4 Å². The van der Waals surface area contributed by atoms with Crippen LogP contribution in [0.1, 0.15) is 36.8 Å². The Kier molecular flexibility index (Phi) is 8.07. The summed E-state index contributed by atoms with van der Waals surface area (Å²) in [6, 6.07) is 15.4. The molecule has 0 bridgehead atoms. The van der Waals surface area contributed by atoms with Gasteiger partial charge in [0.2, 0.25) is 15.9 Å². The van der Waals surface area contributed by atoms with Crippen molar-refractivity contribution < 1.29 is 13.2 Å². The molecule has 2 aromatic rings. The van der Waals surface area contributed by atoms with Gasteiger partial charge in [0.1, 0.15) is 0 Å². The molecular formula is C21H27BrN2O3S. The third-order valence-corrected chi connectivity index (χ3v) is 6.65. The first-order chi connectivity index (χ1) is 13.2. The van der Waals surface area contributed by atoms with Gasteiger partial charge in [0, 0.05) is 24.0 Å². The highest BCUT2D eigenvalue weighted by atomic mass is 79.9. The van der Waals surface area contributed by atoms with Gasteiger partial charge in [-0.15, -0.1) is 0 Å². The van der Waals surface area contributed by atoms with Gasteiger partial charge in [-0.05, 0) is 48.6 Å². The maximum Gasteiger partial charge on any atom is 0.232 e. The fraction of sp³-hybridized carbons (Fsp3) is 0.381. The van der Waals surface area contributed by atoms with Crippen molar-refractivity contribution in [2.45, 2.75) is 32.6 Å². The molecule has 0 aromatic heterocycles. The van der Waals surface area contributed by atoms with Crippen LogP contribution in [0.3, 0.4) is 0 Å². The quantitative estimate of drug-likeness (QED) is 0.601. The summed E-state index contributed by atoms with van der Waals surface area (Å²) in [6.45, 7) is 4.80. The fourth-order valence-electron chi connectivity index (χ4n) is 2.91. The molecule has 0 unspecified atom stereocenters. The Morgan fingerprint density at radius 1 is 1.18 bits per heavy atom. The van der Waals surface area contributed by atoms with Gasteiger partial charge in [-0.3, -0.25) is 9.10 Å². The van der Waals surface area contributed by atoms with E-state index in [9.17, 15) is 13.2 Å². The number of nitrogens with one attached hydrogen (secondary N) is 1. The molecule has 0 radical (unpaired) electrons. The van der Waals surface area contributed by atoms with Crippen LogP contribution in [-0.2, 0) is 14.8 Å². The van der Waals surface area contributed by atoms with Crippen molar-refractivity contribution in [2.75, 3.05) is 23.7 Å². The number of benzene rings is 2. The third-order valence-electron chi connectivity index (χ3n) is 4.57. The summed E-state index contributed by atoms with van der Waals surface area (Å²) in [5.74, 6) is 0.159. The van der Waals surface area contributed by atoms with Crippen LogP contribution in [0.5, 0.6) is 0 Å². The Morgan fingerprint density at radius 3 is 2.46 bits per heavy atom. The minimum atomic E-state index is -3.42. The lowest BCUT2D eigenvalue weighted by atomic mass is 10.0. The summed E-state index contributed by atoms with van der Waals surface area (Å²) in [4.78, 5) is 12.2. The van der Waals surface area contributed by atoms with E-state index in [1.54, 1.807) is 6.07 Å². The lowest BCUT2D eigenvalue weighted by Crippen LogP contribution is -2.32. The van der Waals surface area contributed by atoms with E-state index in [2.05, 4.69) is 28.2 Å². The average Bonchev–Trinajstić information content (AvgIpc) is 2.65. The number of rotatable bonds is 9. The number of aryl methyl sites for hydroxylation is 1. The number of nitrogens with zero attached hydrogens (tertiary/aromatic N) is 1. The normalized spacial score (nSPS) is 12.4. The fourth-order valence-corrected chi connectivity index (χ4v) is 4.11. The van der Waals surface area contributed by atoms with Gasteiger partial charge in [-0.25, -0.2) is 8.42 Å². The van der Waals surface area contributed by atoms with Gasteiger partial charge in [-0.1, -0.05) is 53.2 Å². The Balaban J connectivity index is 1.88. The van der Waals surface area contributed by atoms with Crippen molar-refractivity contribution >= 4 is 37.5 Å². The molecule has 0 saturated carbocycles. The molecule has 2 aromatic carbocycles. The molecule has 1 atom stereocenters. The van der Waals surface area contributed by atoms with Crippen LogP contribution in [0.4, 0.5) is 5.69 Å². The van der Waals surface area contributed by atoms with Crippen molar-refractivity contribution in [3.05, 3.63) is 64.1 Å². The molecule has 5 nitrogen and oxygen atoms in total. The van der Waals surface area contributed by atoms with Crippen molar-refractivity contribution in [3.63, 3.8) is 0 Å². The summed E-state index contributed by atoms with van der Waals surface area (Å²) < 4.78 is 26.7. The third kappa shape index (κ3) is 6.63. The molecule has 0 heterocycles. The predicted octanol–water partition coefficient (Wildman–Crippen LogP) is 4.22. The van der Waals surface area contributed by atoms with Crippen LogP contribution < -0.4 is 9.62 Å². The number of sulfonamides is 1. The number of carbonyl (C=O) groups excluding carboxylic acids is 1. The zero-order valence-electron chi connectivity index (χ0n) is 16.5. The largest absolute Gasteiger partial charge is 0.356 e. The first kappa shape index (κ1) is 22.4. The van der Waals surface area contributed by atoms with E-state index in [-0.39, 0.29) is 24.8 Å². The lowest BCUT2D eigenvalue weighted by Gasteiger charge is -2.23. The second-order valence-corrected chi connectivity index (χ2v) is 9.75. The molecule has 0 fully saturated rings. The molecule has 152 valence electrons.